The molecule has 0 fully saturated rings. The van der Waals surface area contributed by atoms with Crippen LogP contribution in [-0.2, 0) is 13.0 Å². The summed E-state index contributed by atoms with van der Waals surface area (Å²) in [6.07, 6.45) is 0.520. The molecule has 0 heterocycles. The van der Waals surface area contributed by atoms with Crippen LogP contribution in [0.3, 0.4) is 0 Å². The molecule has 8 heteroatoms. The zero-order chi connectivity index (χ0) is 24.1. The Morgan fingerprint density at radius 1 is 0.941 bits per heavy atom. The minimum atomic E-state index is -0.447. The number of rotatable bonds is 7. The highest BCUT2D eigenvalue weighted by Gasteiger charge is 2.17. The van der Waals surface area contributed by atoms with E-state index in [2.05, 4.69) is 5.32 Å². The van der Waals surface area contributed by atoms with Gasteiger partial charge < -0.3 is 10.2 Å². The van der Waals surface area contributed by atoms with Crippen LogP contribution >= 0.6 is 23.2 Å². The van der Waals surface area contributed by atoms with E-state index in [1.54, 1.807) is 29.2 Å². The number of carbonyl (C=O) groups is 1. The molecule has 1 N–H and O–H groups in total. The number of benzene rings is 4. The Hall–Kier alpha value is -3.61. The minimum absolute atomic E-state index is 0.00320. The molecule has 4 rings (SSSR count). The van der Waals surface area contributed by atoms with Gasteiger partial charge in [-0.15, -0.1) is 0 Å². The van der Waals surface area contributed by atoms with Gasteiger partial charge in [0, 0.05) is 40.7 Å². The number of hydrogen-bond donors (Lipinski definition) is 1. The molecule has 172 valence electrons. The summed E-state index contributed by atoms with van der Waals surface area (Å²) in [5.41, 5.74) is 2.36. The van der Waals surface area contributed by atoms with Crippen LogP contribution < -0.4 is 5.32 Å². The van der Waals surface area contributed by atoms with Crippen LogP contribution in [0.2, 0.25) is 10.0 Å². The number of nitrogens with one attached hydrogen (secondary N) is 1. The number of halogens is 2. The number of nitro groups is 1. The van der Waals surface area contributed by atoms with Gasteiger partial charge >= 0.3 is 6.03 Å². The standard InChI is InChI=1S/C26H21Cl2N3O3/c27-21-11-10-20(24(28)16-21)14-15-30(17-18-8-12-22(13-9-18)31(33)34)26(32)29-25-7-3-5-19-4-1-2-6-23(19)25/h1-13,16H,14-15,17H2,(H,29,32). The number of carbonyl (C=O) groups excluding carboxylic acids is 1. The first-order valence-electron chi connectivity index (χ1n) is 10.6. The number of amides is 2. The largest absolute Gasteiger partial charge is 0.322 e. The lowest BCUT2D eigenvalue weighted by Crippen LogP contribution is -2.36. The summed E-state index contributed by atoms with van der Waals surface area (Å²) >= 11 is 12.3. The Morgan fingerprint density at radius 2 is 1.68 bits per heavy atom. The van der Waals surface area contributed by atoms with Gasteiger partial charge in [0.15, 0.2) is 0 Å². The predicted molar refractivity (Wildman–Crippen MR) is 137 cm³/mol. The van der Waals surface area contributed by atoms with Crippen molar-refractivity contribution in [3.8, 4) is 0 Å². The molecule has 0 spiro atoms. The van der Waals surface area contributed by atoms with E-state index in [1.807, 2.05) is 48.5 Å². The van der Waals surface area contributed by atoms with Crippen LogP contribution in [0.4, 0.5) is 16.2 Å². The van der Waals surface area contributed by atoms with Gasteiger partial charge in [-0.05, 0) is 41.1 Å². The molecule has 0 radical (unpaired) electrons. The summed E-state index contributed by atoms with van der Waals surface area (Å²) in [6.45, 7) is 0.661. The van der Waals surface area contributed by atoms with Crippen LogP contribution in [0.25, 0.3) is 10.8 Å². The SMILES string of the molecule is O=C(Nc1cccc2ccccc12)N(CCc1ccc(Cl)cc1Cl)Cc1ccc([N+](=O)[O-])cc1. The zero-order valence-corrected chi connectivity index (χ0v) is 19.6. The van der Waals surface area contributed by atoms with Crippen LogP contribution in [0.1, 0.15) is 11.1 Å². The fourth-order valence-electron chi connectivity index (χ4n) is 3.70. The number of urea groups is 1. The van der Waals surface area contributed by atoms with Crippen molar-refractivity contribution in [1.29, 1.82) is 0 Å². The van der Waals surface area contributed by atoms with E-state index in [-0.39, 0.29) is 18.3 Å². The van der Waals surface area contributed by atoms with Crippen molar-refractivity contribution < 1.29 is 9.72 Å². The van der Waals surface area contributed by atoms with E-state index in [9.17, 15) is 14.9 Å². The summed E-state index contributed by atoms with van der Waals surface area (Å²) < 4.78 is 0. The second kappa shape index (κ2) is 10.5. The molecule has 0 unspecified atom stereocenters. The molecule has 4 aromatic rings. The van der Waals surface area contributed by atoms with E-state index in [1.165, 1.54) is 12.1 Å². The Kier molecular flexibility index (Phi) is 7.30. The van der Waals surface area contributed by atoms with Gasteiger partial charge in [0.2, 0.25) is 0 Å². The third-order valence-corrected chi connectivity index (χ3v) is 6.09. The van der Waals surface area contributed by atoms with Gasteiger partial charge in [-0.1, -0.05) is 77.8 Å². The predicted octanol–water partition coefficient (Wildman–Crippen LogP) is 7.33. The second-order valence-electron chi connectivity index (χ2n) is 7.79. The third-order valence-electron chi connectivity index (χ3n) is 5.51. The second-order valence-corrected chi connectivity index (χ2v) is 8.63. The van der Waals surface area contributed by atoms with Crippen molar-refractivity contribution in [3.05, 3.63) is 116 Å². The molecular formula is C26H21Cl2N3O3. The van der Waals surface area contributed by atoms with Crippen molar-refractivity contribution in [2.45, 2.75) is 13.0 Å². The Bertz CT molecular complexity index is 1340. The highest BCUT2D eigenvalue weighted by atomic mass is 35.5. The van der Waals surface area contributed by atoms with Gasteiger partial charge in [-0.25, -0.2) is 4.79 Å². The van der Waals surface area contributed by atoms with Crippen molar-refractivity contribution in [2.75, 3.05) is 11.9 Å². The maximum Gasteiger partial charge on any atom is 0.322 e. The highest BCUT2D eigenvalue weighted by molar-refractivity contribution is 6.35. The Balaban J connectivity index is 1.57. The average molecular weight is 494 g/mol. The zero-order valence-electron chi connectivity index (χ0n) is 18.1. The van der Waals surface area contributed by atoms with Crippen molar-refractivity contribution >= 4 is 51.4 Å². The molecule has 0 atom stereocenters. The van der Waals surface area contributed by atoms with Crippen molar-refractivity contribution in [1.82, 2.24) is 4.90 Å². The maximum atomic E-state index is 13.3. The third kappa shape index (κ3) is 5.65. The smallest absolute Gasteiger partial charge is 0.320 e. The molecule has 34 heavy (non-hydrogen) atoms. The molecule has 0 saturated carbocycles. The van der Waals surface area contributed by atoms with Crippen LogP contribution in [0.15, 0.2) is 84.9 Å². The molecule has 0 saturated heterocycles. The lowest BCUT2D eigenvalue weighted by atomic mass is 10.1. The molecule has 6 nitrogen and oxygen atoms in total. The summed E-state index contributed by atoms with van der Waals surface area (Å²) in [5.74, 6) is 0. The number of nitrogens with zero attached hydrogens (tertiary/aromatic N) is 2. The summed E-state index contributed by atoms with van der Waals surface area (Å²) in [5, 5.41) is 17.0. The molecule has 0 aliphatic carbocycles. The molecule has 0 bridgehead atoms. The quantitative estimate of drug-likeness (QED) is 0.216. The van der Waals surface area contributed by atoms with Crippen molar-refractivity contribution in [3.63, 3.8) is 0 Å². The van der Waals surface area contributed by atoms with Gasteiger partial charge in [0.1, 0.15) is 0 Å². The first kappa shape index (κ1) is 23.5. The number of anilines is 1. The van der Waals surface area contributed by atoms with Gasteiger partial charge in [-0.2, -0.15) is 0 Å². The topological polar surface area (TPSA) is 75.5 Å². The number of fused-ring (bicyclic) bond motifs is 1. The molecule has 4 aromatic carbocycles. The summed E-state index contributed by atoms with van der Waals surface area (Å²) in [4.78, 5) is 25.5. The monoisotopic (exact) mass is 493 g/mol. The Labute approximate surface area is 206 Å². The maximum absolute atomic E-state index is 13.3. The highest BCUT2D eigenvalue weighted by Crippen LogP contribution is 2.25. The van der Waals surface area contributed by atoms with E-state index >= 15 is 0 Å². The molecule has 2 amide bonds. The van der Waals surface area contributed by atoms with Gasteiger partial charge in [-0.3, -0.25) is 10.1 Å². The normalized spacial score (nSPS) is 10.8. The van der Waals surface area contributed by atoms with Crippen molar-refractivity contribution in [2.24, 2.45) is 0 Å². The van der Waals surface area contributed by atoms with Gasteiger partial charge in [0.25, 0.3) is 5.69 Å². The lowest BCUT2D eigenvalue weighted by molar-refractivity contribution is -0.384. The van der Waals surface area contributed by atoms with Crippen LogP contribution in [-0.4, -0.2) is 22.4 Å². The minimum Gasteiger partial charge on any atom is -0.320 e. The molecular weight excluding hydrogens is 473 g/mol. The first-order chi connectivity index (χ1) is 16.4. The number of non-ortho nitro benzene ring substituents is 1. The first-order valence-corrected chi connectivity index (χ1v) is 11.4. The molecule has 0 aliphatic heterocycles. The summed E-state index contributed by atoms with van der Waals surface area (Å²) in [6, 6.07) is 24.8. The van der Waals surface area contributed by atoms with Crippen LogP contribution in [0.5, 0.6) is 0 Å². The van der Waals surface area contributed by atoms with E-state index in [4.69, 9.17) is 23.2 Å². The lowest BCUT2D eigenvalue weighted by Gasteiger charge is -2.24. The van der Waals surface area contributed by atoms with E-state index < -0.39 is 4.92 Å². The summed E-state index contributed by atoms with van der Waals surface area (Å²) in [7, 11) is 0. The van der Waals surface area contributed by atoms with Crippen LogP contribution in [0, 0.1) is 10.1 Å². The molecule has 0 aliphatic rings. The fraction of sp³-hybridized carbons (Fsp3) is 0.115. The molecule has 0 aromatic heterocycles. The van der Waals surface area contributed by atoms with E-state index in [0.717, 1.165) is 21.9 Å². The van der Waals surface area contributed by atoms with E-state index in [0.29, 0.717) is 28.7 Å². The number of hydrogen-bond acceptors (Lipinski definition) is 3. The fourth-order valence-corrected chi connectivity index (χ4v) is 4.21. The average Bonchev–Trinajstić information content (AvgIpc) is 2.83. The van der Waals surface area contributed by atoms with Gasteiger partial charge in [0.05, 0.1) is 10.6 Å². The number of nitro benzene ring substituents is 1. The Morgan fingerprint density at radius 3 is 2.41 bits per heavy atom.